The minimum absolute atomic E-state index is 0.174. The topological polar surface area (TPSA) is 47.3 Å². The van der Waals surface area contributed by atoms with Crippen LogP contribution in [0.25, 0.3) is 0 Å². The molecule has 3 heteroatoms. The van der Waals surface area contributed by atoms with Gasteiger partial charge in [-0.25, -0.2) is 0 Å². The molecule has 0 spiro atoms. The van der Waals surface area contributed by atoms with Gasteiger partial charge in [0.15, 0.2) is 0 Å². The van der Waals surface area contributed by atoms with E-state index in [1.165, 1.54) is 5.56 Å². The van der Waals surface area contributed by atoms with E-state index in [9.17, 15) is 0 Å². The lowest BCUT2D eigenvalue weighted by Crippen LogP contribution is -2.57. The van der Waals surface area contributed by atoms with Gasteiger partial charge in [0.25, 0.3) is 0 Å². The molecule has 0 aliphatic heterocycles. The molecule has 0 bridgehead atoms. The highest BCUT2D eigenvalue weighted by atomic mass is 16.5. The fourth-order valence-electron chi connectivity index (χ4n) is 2.63. The van der Waals surface area contributed by atoms with Crippen molar-refractivity contribution < 1.29 is 4.74 Å². The smallest absolute Gasteiger partial charge is 0.0661 e. The largest absolute Gasteiger partial charge is 0.399 e. The first-order chi connectivity index (χ1) is 7.93. The Labute approximate surface area is 103 Å². The summed E-state index contributed by atoms with van der Waals surface area (Å²) < 4.78 is 5.45. The van der Waals surface area contributed by atoms with Crippen molar-refractivity contribution in [1.29, 1.82) is 0 Å². The Balaban J connectivity index is 2.08. The fourth-order valence-corrected chi connectivity index (χ4v) is 2.63. The predicted molar refractivity (Wildman–Crippen MR) is 72.2 cm³/mol. The standard InChI is InChI=1S/C14H22N2O/c1-9-5-10(15)7-11(6-9)16-12-8-13(17-4)14(12,2)3/h5-7,12-13,16H,8,15H2,1-4H3. The molecule has 2 rings (SSSR count). The number of nitrogen functional groups attached to an aromatic ring is 1. The van der Waals surface area contributed by atoms with Gasteiger partial charge in [-0.1, -0.05) is 13.8 Å². The summed E-state index contributed by atoms with van der Waals surface area (Å²) in [5.41, 5.74) is 9.13. The lowest BCUT2D eigenvalue weighted by atomic mass is 9.64. The highest BCUT2D eigenvalue weighted by Crippen LogP contribution is 2.44. The van der Waals surface area contributed by atoms with Crippen LogP contribution in [0.4, 0.5) is 11.4 Å². The summed E-state index contributed by atoms with van der Waals surface area (Å²) in [6.45, 7) is 6.54. The van der Waals surface area contributed by atoms with Gasteiger partial charge >= 0.3 is 0 Å². The predicted octanol–water partition coefficient (Wildman–Crippen LogP) is 2.80. The van der Waals surface area contributed by atoms with Gasteiger partial charge in [0.05, 0.1) is 6.10 Å². The van der Waals surface area contributed by atoms with Crippen LogP contribution in [0.1, 0.15) is 25.8 Å². The van der Waals surface area contributed by atoms with E-state index in [1.54, 1.807) is 7.11 Å². The molecule has 0 saturated heterocycles. The molecule has 2 unspecified atom stereocenters. The van der Waals surface area contributed by atoms with E-state index in [0.717, 1.165) is 17.8 Å². The molecule has 94 valence electrons. The van der Waals surface area contributed by atoms with Crippen LogP contribution in [0.15, 0.2) is 18.2 Å². The number of anilines is 2. The Hall–Kier alpha value is -1.22. The van der Waals surface area contributed by atoms with E-state index in [-0.39, 0.29) is 5.41 Å². The molecular weight excluding hydrogens is 212 g/mol. The zero-order chi connectivity index (χ0) is 12.6. The van der Waals surface area contributed by atoms with Gasteiger partial charge in [0.1, 0.15) is 0 Å². The van der Waals surface area contributed by atoms with E-state index < -0.39 is 0 Å². The number of rotatable bonds is 3. The second-order valence-electron chi connectivity index (χ2n) is 5.61. The first-order valence-corrected chi connectivity index (χ1v) is 6.10. The molecular formula is C14H22N2O. The van der Waals surface area contributed by atoms with Gasteiger partial charge in [0, 0.05) is 29.9 Å². The Morgan fingerprint density at radius 2 is 2.06 bits per heavy atom. The second kappa shape index (κ2) is 4.22. The average Bonchev–Trinajstić information content (AvgIpc) is 2.22. The molecule has 3 nitrogen and oxygen atoms in total. The van der Waals surface area contributed by atoms with E-state index in [2.05, 4.69) is 32.2 Å². The fraction of sp³-hybridized carbons (Fsp3) is 0.571. The van der Waals surface area contributed by atoms with Gasteiger partial charge < -0.3 is 15.8 Å². The Kier molecular flexibility index (Phi) is 3.04. The molecule has 0 radical (unpaired) electrons. The van der Waals surface area contributed by atoms with Gasteiger partial charge in [0.2, 0.25) is 0 Å². The van der Waals surface area contributed by atoms with Crippen molar-refractivity contribution in [3.63, 3.8) is 0 Å². The van der Waals surface area contributed by atoms with Gasteiger partial charge in [-0.05, 0) is 37.1 Å². The van der Waals surface area contributed by atoms with Crippen LogP contribution in [0.5, 0.6) is 0 Å². The third-order valence-corrected chi connectivity index (χ3v) is 3.90. The number of nitrogens with one attached hydrogen (secondary N) is 1. The zero-order valence-electron chi connectivity index (χ0n) is 11.1. The van der Waals surface area contributed by atoms with Gasteiger partial charge in [-0.3, -0.25) is 0 Å². The lowest BCUT2D eigenvalue weighted by molar-refractivity contribution is -0.0794. The summed E-state index contributed by atoms with van der Waals surface area (Å²) in [5, 5.41) is 3.55. The number of hydrogen-bond acceptors (Lipinski definition) is 3. The van der Waals surface area contributed by atoms with Gasteiger partial charge in [-0.15, -0.1) is 0 Å². The number of benzene rings is 1. The minimum Gasteiger partial charge on any atom is -0.399 e. The van der Waals surface area contributed by atoms with E-state index >= 15 is 0 Å². The molecule has 1 aliphatic rings. The molecule has 1 aromatic carbocycles. The molecule has 1 fully saturated rings. The van der Waals surface area contributed by atoms with Crippen molar-refractivity contribution >= 4 is 11.4 Å². The van der Waals surface area contributed by atoms with Crippen molar-refractivity contribution in [2.24, 2.45) is 5.41 Å². The summed E-state index contributed by atoms with van der Waals surface area (Å²) in [6.07, 6.45) is 1.40. The maximum atomic E-state index is 5.85. The minimum atomic E-state index is 0.174. The van der Waals surface area contributed by atoms with Crippen molar-refractivity contribution in [3.05, 3.63) is 23.8 Å². The first kappa shape index (κ1) is 12.2. The SMILES string of the molecule is COC1CC(Nc2cc(C)cc(N)c2)C1(C)C. The molecule has 0 amide bonds. The molecule has 1 saturated carbocycles. The first-order valence-electron chi connectivity index (χ1n) is 6.10. The van der Waals surface area contributed by atoms with Crippen molar-refractivity contribution in [1.82, 2.24) is 0 Å². The molecule has 0 aromatic heterocycles. The summed E-state index contributed by atoms with van der Waals surface area (Å²) in [6, 6.07) is 6.55. The molecule has 0 heterocycles. The van der Waals surface area contributed by atoms with Crippen molar-refractivity contribution in [2.45, 2.75) is 39.3 Å². The Morgan fingerprint density at radius 3 is 2.59 bits per heavy atom. The zero-order valence-corrected chi connectivity index (χ0v) is 11.1. The maximum Gasteiger partial charge on any atom is 0.0661 e. The molecule has 2 atom stereocenters. The molecule has 17 heavy (non-hydrogen) atoms. The van der Waals surface area contributed by atoms with Crippen LogP contribution < -0.4 is 11.1 Å². The summed E-state index contributed by atoms with van der Waals surface area (Å²) in [4.78, 5) is 0. The molecule has 1 aromatic rings. The Morgan fingerprint density at radius 1 is 1.35 bits per heavy atom. The molecule has 1 aliphatic carbocycles. The summed E-state index contributed by atoms with van der Waals surface area (Å²) >= 11 is 0. The number of nitrogens with two attached hydrogens (primary N) is 1. The number of aryl methyl sites for hydroxylation is 1. The van der Waals surface area contributed by atoms with Crippen molar-refractivity contribution in [3.8, 4) is 0 Å². The van der Waals surface area contributed by atoms with Gasteiger partial charge in [-0.2, -0.15) is 0 Å². The van der Waals surface area contributed by atoms with Crippen LogP contribution in [0.3, 0.4) is 0 Å². The third kappa shape index (κ3) is 2.25. The van der Waals surface area contributed by atoms with Crippen LogP contribution >= 0.6 is 0 Å². The van der Waals surface area contributed by atoms with Crippen LogP contribution in [0, 0.1) is 12.3 Å². The van der Waals surface area contributed by atoms with Crippen LogP contribution in [0.2, 0.25) is 0 Å². The highest BCUT2D eigenvalue weighted by molar-refractivity contribution is 5.57. The summed E-state index contributed by atoms with van der Waals surface area (Å²) in [5.74, 6) is 0. The highest BCUT2D eigenvalue weighted by Gasteiger charge is 2.48. The van der Waals surface area contributed by atoms with Crippen molar-refractivity contribution in [2.75, 3.05) is 18.2 Å². The maximum absolute atomic E-state index is 5.85. The number of hydrogen-bond donors (Lipinski definition) is 2. The van der Waals surface area contributed by atoms with E-state index in [1.807, 2.05) is 12.1 Å². The normalized spacial score (nSPS) is 26.4. The summed E-state index contributed by atoms with van der Waals surface area (Å²) in [7, 11) is 1.79. The average molecular weight is 234 g/mol. The van der Waals surface area contributed by atoms with E-state index in [4.69, 9.17) is 10.5 Å². The Bertz CT molecular complexity index is 394. The third-order valence-electron chi connectivity index (χ3n) is 3.90. The van der Waals surface area contributed by atoms with Crippen LogP contribution in [-0.2, 0) is 4.74 Å². The van der Waals surface area contributed by atoms with E-state index in [0.29, 0.717) is 12.1 Å². The quantitative estimate of drug-likeness (QED) is 0.791. The van der Waals surface area contributed by atoms with Crippen LogP contribution in [-0.4, -0.2) is 19.3 Å². The second-order valence-corrected chi connectivity index (χ2v) is 5.61. The number of ether oxygens (including phenoxy) is 1. The lowest BCUT2D eigenvalue weighted by Gasteiger charge is -2.51. The number of methoxy groups -OCH3 is 1. The molecule has 3 N–H and O–H groups in total. The monoisotopic (exact) mass is 234 g/mol.